The molecule has 1 aliphatic rings. The highest BCUT2D eigenvalue weighted by atomic mass is 16.2. The predicted octanol–water partition coefficient (Wildman–Crippen LogP) is 0.223. The minimum atomic E-state index is -0.498. The van der Waals surface area contributed by atoms with Crippen LogP contribution >= 0.6 is 0 Å². The molecule has 2 rings (SSSR count). The number of hydrogen-bond donors (Lipinski definition) is 1. The van der Waals surface area contributed by atoms with Gasteiger partial charge in [-0.15, -0.1) is 0 Å². The van der Waals surface area contributed by atoms with Crippen molar-refractivity contribution in [1.82, 2.24) is 14.5 Å². The minimum absolute atomic E-state index is 0.0354. The molecule has 0 aromatic carbocycles. The molecule has 1 saturated heterocycles. The summed E-state index contributed by atoms with van der Waals surface area (Å²) in [6.07, 6.45) is 3.51. The van der Waals surface area contributed by atoms with E-state index in [0.29, 0.717) is 6.54 Å². The second kappa shape index (κ2) is 5.52. The number of hydrogen-bond acceptors (Lipinski definition) is 4. The number of carbonyl (C=O) groups excluding carboxylic acids is 1. The highest BCUT2D eigenvalue weighted by molar-refractivity contribution is 5.93. The number of likely N-dealkylation sites (tertiary alicyclic amines) is 1. The molecule has 0 bridgehead atoms. The molecule has 0 spiro atoms. The number of Topliss-reactive ketones (excluding diaryl/α,β-unsaturated/α-hetero) is 1. The van der Waals surface area contributed by atoms with Crippen LogP contribution in [0, 0.1) is 0 Å². The second-order valence-corrected chi connectivity index (χ2v) is 5.07. The van der Waals surface area contributed by atoms with Gasteiger partial charge in [-0.05, 0) is 39.8 Å². The molecule has 1 atom stereocenters. The van der Waals surface area contributed by atoms with Gasteiger partial charge >= 0.3 is 5.69 Å². The van der Waals surface area contributed by atoms with Gasteiger partial charge in [-0.2, -0.15) is 0 Å². The Morgan fingerprint density at radius 2 is 2.00 bits per heavy atom. The van der Waals surface area contributed by atoms with E-state index in [1.807, 2.05) is 6.92 Å². The number of nitrogens with one attached hydrogen (secondary N) is 1. The molecule has 6 heteroatoms. The van der Waals surface area contributed by atoms with E-state index < -0.39 is 11.2 Å². The first-order valence-corrected chi connectivity index (χ1v) is 6.58. The zero-order valence-corrected chi connectivity index (χ0v) is 11.3. The Bertz CT molecular complexity index is 582. The summed E-state index contributed by atoms with van der Waals surface area (Å²) in [5.41, 5.74) is -0.920. The van der Waals surface area contributed by atoms with Crippen LogP contribution < -0.4 is 11.2 Å². The van der Waals surface area contributed by atoms with Crippen LogP contribution in [-0.2, 0) is 6.54 Å². The Labute approximate surface area is 111 Å². The monoisotopic (exact) mass is 265 g/mol. The van der Waals surface area contributed by atoms with E-state index in [0.717, 1.165) is 30.5 Å². The Morgan fingerprint density at radius 3 is 2.58 bits per heavy atom. The van der Waals surface area contributed by atoms with Crippen LogP contribution in [0.4, 0.5) is 0 Å². The molecule has 0 aliphatic carbocycles. The lowest BCUT2D eigenvalue weighted by atomic mass is 10.2. The summed E-state index contributed by atoms with van der Waals surface area (Å²) < 4.78 is 1.12. The van der Waals surface area contributed by atoms with Gasteiger partial charge in [0.2, 0.25) is 0 Å². The standard InChI is InChI=1S/C13H19N3O3/c1-9(15-5-3-4-6-15)8-16-12(18)11(10(2)17)7-14-13(16)19/h7,9H,3-6,8H2,1-2H3,(H,14,19). The van der Waals surface area contributed by atoms with Crippen molar-refractivity contribution in [2.75, 3.05) is 13.1 Å². The molecule has 19 heavy (non-hydrogen) atoms. The topological polar surface area (TPSA) is 75.2 Å². The fourth-order valence-electron chi connectivity index (χ4n) is 2.49. The van der Waals surface area contributed by atoms with Gasteiger partial charge < -0.3 is 4.98 Å². The summed E-state index contributed by atoms with van der Waals surface area (Å²) in [6.45, 7) is 5.64. The Kier molecular flexibility index (Phi) is 3.99. The van der Waals surface area contributed by atoms with E-state index in [4.69, 9.17) is 0 Å². The lowest BCUT2D eigenvalue weighted by molar-refractivity contribution is 0.101. The van der Waals surface area contributed by atoms with Gasteiger partial charge in [0.25, 0.3) is 5.56 Å². The summed E-state index contributed by atoms with van der Waals surface area (Å²) in [7, 11) is 0. The van der Waals surface area contributed by atoms with Crippen molar-refractivity contribution in [3.63, 3.8) is 0 Å². The van der Waals surface area contributed by atoms with Crippen molar-refractivity contribution in [3.05, 3.63) is 32.6 Å². The number of nitrogens with zero attached hydrogens (tertiary/aromatic N) is 2. The Morgan fingerprint density at radius 1 is 1.37 bits per heavy atom. The summed E-state index contributed by atoms with van der Waals surface area (Å²) in [5, 5.41) is 0. The third-order valence-electron chi connectivity index (χ3n) is 3.65. The Balaban J connectivity index is 2.29. The SMILES string of the molecule is CC(=O)c1c[nH]c(=O)n(CC(C)N2CCCC2)c1=O. The molecule has 1 N–H and O–H groups in total. The highest BCUT2D eigenvalue weighted by Crippen LogP contribution is 2.11. The van der Waals surface area contributed by atoms with E-state index in [1.54, 1.807) is 0 Å². The van der Waals surface area contributed by atoms with E-state index in [9.17, 15) is 14.4 Å². The first-order valence-electron chi connectivity index (χ1n) is 6.58. The number of carbonyl (C=O) groups is 1. The van der Waals surface area contributed by atoms with Crippen LogP contribution in [0.3, 0.4) is 0 Å². The lowest BCUT2D eigenvalue weighted by Crippen LogP contribution is -2.44. The van der Waals surface area contributed by atoms with Crippen molar-refractivity contribution in [3.8, 4) is 0 Å². The number of H-pyrrole nitrogens is 1. The number of rotatable bonds is 4. The van der Waals surface area contributed by atoms with Gasteiger partial charge in [0, 0.05) is 18.8 Å². The molecule has 6 nitrogen and oxygen atoms in total. The zero-order chi connectivity index (χ0) is 14.0. The van der Waals surface area contributed by atoms with Crippen LogP contribution in [0.25, 0.3) is 0 Å². The molecule has 1 fully saturated rings. The first-order chi connectivity index (χ1) is 9.00. The molecule has 2 heterocycles. The number of aromatic nitrogens is 2. The van der Waals surface area contributed by atoms with E-state index in [2.05, 4.69) is 9.88 Å². The summed E-state index contributed by atoms with van der Waals surface area (Å²) in [5.74, 6) is -0.330. The average Bonchev–Trinajstić information content (AvgIpc) is 2.87. The van der Waals surface area contributed by atoms with Gasteiger partial charge in [0.1, 0.15) is 0 Å². The maximum atomic E-state index is 12.1. The van der Waals surface area contributed by atoms with Gasteiger partial charge in [-0.25, -0.2) is 4.79 Å². The van der Waals surface area contributed by atoms with Crippen LogP contribution in [0.2, 0.25) is 0 Å². The van der Waals surface area contributed by atoms with E-state index >= 15 is 0 Å². The van der Waals surface area contributed by atoms with E-state index in [-0.39, 0.29) is 17.4 Å². The Hall–Kier alpha value is -1.69. The molecule has 1 aliphatic heterocycles. The fourth-order valence-corrected chi connectivity index (χ4v) is 2.49. The molecular weight excluding hydrogens is 246 g/mol. The number of aromatic amines is 1. The van der Waals surface area contributed by atoms with Crippen molar-refractivity contribution in [1.29, 1.82) is 0 Å². The second-order valence-electron chi connectivity index (χ2n) is 5.07. The predicted molar refractivity (Wildman–Crippen MR) is 71.6 cm³/mol. The van der Waals surface area contributed by atoms with Crippen LogP contribution in [-0.4, -0.2) is 39.4 Å². The lowest BCUT2D eigenvalue weighted by Gasteiger charge is -2.23. The third-order valence-corrected chi connectivity index (χ3v) is 3.65. The largest absolute Gasteiger partial charge is 0.328 e. The van der Waals surface area contributed by atoms with E-state index in [1.165, 1.54) is 13.1 Å². The first kappa shape index (κ1) is 13.7. The maximum Gasteiger partial charge on any atom is 0.328 e. The van der Waals surface area contributed by atoms with Gasteiger partial charge in [0.05, 0.1) is 5.56 Å². The fraction of sp³-hybridized carbons (Fsp3) is 0.615. The van der Waals surface area contributed by atoms with Gasteiger partial charge in [-0.1, -0.05) is 0 Å². The summed E-state index contributed by atoms with van der Waals surface area (Å²) in [4.78, 5) is 39.9. The molecule has 0 amide bonds. The molecule has 104 valence electrons. The molecule has 1 aromatic heterocycles. The average molecular weight is 265 g/mol. The quantitative estimate of drug-likeness (QED) is 0.790. The molecule has 1 unspecified atom stereocenters. The molecule has 1 aromatic rings. The molecule has 0 saturated carbocycles. The van der Waals surface area contributed by atoms with Crippen molar-refractivity contribution in [2.45, 2.75) is 39.3 Å². The normalized spacial score (nSPS) is 17.6. The summed E-state index contributed by atoms with van der Waals surface area (Å²) in [6, 6.07) is 0.114. The minimum Gasteiger partial charge on any atom is -0.313 e. The van der Waals surface area contributed by atoms with Crippen LogP contribution in [0.1, 0.15) is 37.0 Å². The molecular formula is C13H19N3O3. The van der Waals surface area contributed by atoms with Crippen molar-refractivity contribution >= 4 is 5.78 Å². The van der Waals surface area contributed by atoms with Crippen LogP contribution in [0.5, 0.6) is 0 Å². The van der Waals surface area contributed by atoms with Crippen LogP contribution in [0.15, 0.2) is 15.8 Å². The van der Waals surface area contributed by atoms with Crippen molar-refractivity contribution in [2.24, 2.45) is 0 Å². The summed E-state index contributed by atoms with van der Waals surface area (Å²) >= 11 is 0. The van der Waals surface area contributed by atoms with Gasteiger partial charge in [0.15, 0.2) is 5.78 Å². The highest BCUT2D eigenvalue weighted by Gasteiger charge is 2.20. The third kappa shape index (κ3) is 2.84. The van der Waals surface area contributed by atoms with Gasteiger partial charge in [-0.3, -0.25) is 19.1 Å². The molecule has 0 radical (unpaired) electrons. The maximum absolute atomic E-state index is 12.1. The van der Waals surface area contributed by atoms with Crippen molar-refractivity contribution < 1.29 is 4.79 Å². The number of ketones is 1. The zero-order valence-electron chi connectivity index (χ0n) is 11.3. The smallest absolute Gasteiger partial charge is 0.313 e.